The quantitative estimate of drug-likeness (QED) is 0.769. The summed E-state index contributed by atoms with van der Waals surface area (Å²) < 4.78 is 10.5. The number of piperidine rings is 1. The molecule has 8 heteroatoms. The Hall–Kier alpha value is -1.83. The number of morpholine rings is 1. The van der Waals surface area contributed by atoms with Crippen LogP contribution in [0, 0.1) is 11.3 Å². The second kappa shape index (κ2) is 8.73. The summed E-state index contributed by atoms with van der Waals surface area (Å²) in [6.45, 7) is 6.45. The van der Waals surface area contributed by atoms with E-state index in [0.717, 1.165) is 45.4 Å². The summed E-state index contributed by atoms with van der Waals surface area (Å²) in [7, 11) is 1.56. The molecule has 1 spiro atoms. The van der Waals surface area contributed by atoms with E-state index in [9.17, 15) is 9.59 Å². The van der Waals surface area contributed by atoms with Gasteiger partial charge in [0.2, 0.25) is 11.8 Å². The number of nitrogens with zero attached hydrogens (tertiary/aromatic N) is 2. The Morgan fingerprint density at radius 1 is 1.23 bits per heavy atom. The van der Waals surface area contributed by atoms with Gasteiger partial charge < -0.3 is 19.7 Å². The number of rotatable bonds is 5. The van der Waals surface area contributed by atoms with Crippen molar-refractivity contribution in [2.75, 3.05) is 51.8 Å². The van der Waals surface area contributed by atoms with Gasteiger partial charge in [0.25, 0.3) is 0 Å². The van der Waals surface area contributed by atoms with E-state index in [4.69, 9.17) is 21.1 Å². The Morgan fingerprint density at radius 3 is 2.57 bits per heavy atom. The number of carbonyl (C=O) groups excluding carboxylic acids is 2. The highest BCUT2D eigenvalue weighted by Crippen LogP contribution is 2.59. The van der Waals surface area contributed by atoms with Crippen molar-refractivity contribution in [1.29, 1.82) is 0 Å². The van der Waals surface area contributed by atoms with Gasteiger partial charge in [-0.3, -0.25) is 14.5 Å². The van der Waals surface area contributed by atoms with E-state index in [1.807, 2.05) is 11.8 Å². The van der Waals surface area contributed by atoms with Gasteiger partial charge in [-0.1, -0.05) is 11.6 Å². The molecule has 3 fully saturated rings. The van der Waals surface area contributed by atoms with Crippen LogP contribution in [0.3, 0.4) is 0 Å². The molecular formula is C22H30ClN3O4. The lowest BCUT2D eigenvalue weighted by Gasteiger charge is -2.38. The fourth-order valence-electron chi connectivity index (χ4n) is 4.80. The average molecular weight is 436 g/mol. The first kappa shape index (κ1) is 21.4. The lowest BCUT2D eigenvalue weighted by atomic mass is 9.90. The van der Waals surface area contributed by atoms with E-state index in [0.29, 0.717) is 29.7 Å². The summed E-state index contributed by atoms with van der Waals surface area (Å²) in [6.07, 6.45) is 2.66. The molecule has 30 heavy (non-hydrogen) atoms. The van der Waals surface area contributed by atoms with Crippen LogP contribution in [0.2, 0.25) is 5.02 Å². The first-order chi connectivity index (χ1) is 14.4. The minimum atomic E-state index is -0.110. The van der Waals surface area contributed by atoms with Crippen molar-refractivity contribution in [3.63, 3.8) is 0 Å². The zero-order valence-electron chi connectivity index (χ0n) is 17.7. The summed E-state index contributed by atoms with van der Waals surface area (Å²) >= 11 is 6.15. The zero-order chi connectivity index (χ0) is 21.3. The first-order valence-corrected chi connectivity index (χ1v) is 11.1. The monoisotopic (exact) mass is 435 g/mol. The van der Waals surface area contributed by atoms with Crippen LogP contribution in [0.25, 0.3) is 0 Å². The van der Waals surface area contributed by atoms with Crippen LogP contribution in [0.15, 0.2) is 18.2 Å². The van der Waals surface area contributed by atoms with E-state index in [1.54, 1.807) is 25.3 Å². The van der Waals surface area contributed by atoms with Crippen molar-refractivity contribution in [3.05, 3.63) is 23.2 Å². The Bertz CT molecular complexity index is 804. The minimum Gasteiger partial charge on any atom is -0.495 e. The highest BCUT2D eigenvalue weighted by Gasteiger charge is 2.58. The van der Waals surface area contributed by atoms with Gasteiger partial charge in [0.1, 0.15) is 5.75 Å². The molecule has 2 saturated heterocycles. The molecule has 0 radical (unpaired) electrons. The van der Waals surface area contributed by atoms with E-state index < -0.39 is 0 Å². The summed E-state index contributed by atoms with van der Waals surface area (Å²) in [5.41, 5.74) is 0.721. The number of methoxy groups -OCH3 is 1. The Morgan fingerprint density at radius 2 is 1.93 bits per heavy atom. The summed E-state index contributed by atoms with van der Waals surface area (Å²) in [4.78, 5) is 29.8. The number of hydrogen-bond donors (Lipinski definition) is 1. The van der Waals surface area contributed by atoms with Gasteiger partial charge in [0.15, 0.2) is 0 Å². The second-order valence-corrected chi connectivity index (χ2v) is 9.01. The van der Waals surface area contributed by atoms with Gasteiger partial charge in [0.05, 0.1) is 31.4 Å². The van der Waals surface area contributed by atoms with Gasteiger partial charge in [-0.25, -0.2) is 0 Å². The molecule has 1 N–H and O–H groups in total. The van der Waals surface area contributed by atoms with Gasteiger partial charge >= 0.3 is 0 Å². The van der Waals surface area contributed by atoms with Crippen molar-refractivity contribution in [2.24, 2.45) is 11.3 Å². The molecule has 1 aliphatic carbocycles. The Kier molecular flexibility index (Phi) is 6.23. The molecule has 7 nitrogen and oxygen atoms in total. The third-order valence-corrected chi connectivity index (χ3v) is 7.24. The number of benzene rings is 1. The minimum absolute atomic E-state index is 0.00676. The molecule has 1 aromatic carbocycles. The number of amides is 2. The smallest absolute Gasteiger partial charge is 0.239 e. The number of anilines is 1. The summed E-state index contributed by atoms with van der Waals surface area (Å²) in [6, 6.07) is 5.15. The van der Waals surface area contributed by atoms with Crippen molar-refractivity contribution >= 4 is 29.1 Å². The van der Waals surface area contributed by atoms with Crippen LogP contribution in [-0.4, -0.2) is 74.2 Å². The van der Waals surface area contributed by atoms with Crippen molar-refractivity contribution < 1.29 is 19.1 Å². The first-order valence-electron chi connectivity index (χ1n) is 10.7. The van der Waals surface area contributed by atoms with E-state index >= 15 is 0 Å². The predicted molar refractivity (Wildman–Crippen MR) is 115 cm³/mol. The van der Waals surface area contributed by atoms with Crippen molar-refractivity contribution in [1.82, 2.24) is 9.80 Å². The zero-order valence-corrected chi connectivity index (χ0v) is 18.4. The normalized spacial score (nSPS) is 24.4. The highest BCUT2D eigenvalue weighted by molar-refractivity contribution is 6.32. The molecule has 2 aliphatic heterocycles. The molecule has 164 valence electrons. The number of nitrogens with one attached hydrogen (secondary N) is 1. The van der Waals surface area contributed by atoms with Gasteiger partial charge in [-0.05, 0) is 49.8 Å². The predicted octanol–water partition coefficient (Wildman–Crippen LogP) is 2.64. The van der Waals surface area contributed by atoms with Crippen molar-refractivity contribution in [3.8, 4) is 5.75 Å². The van der Waals surface area contributed by atoms with E-state index in [-0.39, 0.29) is 29.2 Å². The van der Waals surface area contributed by atoms with Crippen LogP contribution in [0.1, 0.15) is 26.2 Å². The molecule has 2 heterocycles. The van der Waals surface area contributed by atoms with Gasteiger partial charge in [-0.15, -0.1) is 0 Å². The summed E-state index contributed by atoms with van der Waals surface area (Å²) in [5.74, 6) is 0.826. The van der Waals surface area contributed by atoms with E-state index in [2.05, 4.69) is 10.2 Å². The van der Waals surface area contributed by atoms with Gasteiger partial charge in [-0.2, -0.15) is 0 Å². The SMILES string of the molecule is COc1ccc(NC(=O)C2CC23CCN(C(=O)C(C)N2CCOCC2)CC3)cc1Cl. The molecule has 2 amide bonds. The average Bonchev–Trinajstić information content (AvgIpc) is 3.47. The van der Waals surface area contributed by atoms with Crippen LogP contribution >= 0.6 is 11.6 Å². The number of ether oxygens (including phenoxy) is 2. The third-order valence-electron chi connectivity index (χ3n) is 6.95. The molecule has 0 bridgehead atoms. The molecule has 2 unspecified atom stereocenters. The Labute approximate surface area is 182 Å². The molecule has 4 rings (SSSR count). The maximum Gasteiger partial charge on any atom is 0.239 e. The van der Waals surface area contributed by atoms with Gasteiger partial charge in [0, 0.05) is 37.8 Å². The molecule has 0 aromatic heterocycles. The molecule has 3 aliphatic rings. The van der Waals surface area contributed by atoms with Crippen LogP contribution in [0.4, 0.5) is 5.69 Å². The van der Waals surface area contributed by atoms with Crippen LogP contribution in [0.5, 0.6) is 5.75 Å². The van der Waals surface area contributed by atoms with Crippen molar-refractivity contribution in [2.45, 2.75) is 32.2 Å². The Balaban J connectivity index is 1.28. The molecular weight excluding hydrogens is 406 g/mol. The second-order valence-electron chi connectivity index (χ2n) is 8.61. The fourth-order valence-corrected chi connectivity index (χ4v) is 5.06. The highest BCUT2D eigenvalue weighted by atomic mass is 35.5. The largest absolute Gasteiger partial charge is 0.495 e. The lowest BCUT2D eigenvalue weighted by molar-refractivity contribution is -0.139. The maximum atomic E-state index is 12.9. The number of likely N-dealkylation sites (tertiary alicyclic amines) is 1. The molecule has 1 saturated carbocycles. The summed E-state index contributed by atoms with van der Waals surface area (Å²) in [5, 5.41) is 3.46. The number of hydrogen-bond acceptors (Lipinski definition) is 5. The number of halogens is 1. The maximum absolute atomic E-state index is 12.9. The fraction of sp³-hybridized carbons (Fsp3) is 0.636. The lowest BCUT2D eigenvalue weighted by Crippen LogP contribution is -2.52. The van der Waals surface area contributed by atoms with E-state index in [1.165, 1.54) is 0 Å². The van der Waals surface area contributed by atoms with Crippen LogP contribution < -0.4 is 10.1 Å². The number of carbonyl (C=O) groups is 2. The van der Waals surface area contributed by atoms with Crippen LogP contribution in [-0.2, 0) is 14.3 Å². The molecule has 2 atom stereocenters. The molecule has 1 aromatic rings. The topological polar surface area (TPSA) is 71.1 Å². The standard InChI is InChI=1S/C22H30ClN3O4/c1-15(25-9-11-30-12-10-25)21(28)26-7-5-22(6-8-26)14-17(22)20(27)24-16-3-4-19(29-2)18(23)13-16/h3-4,13,15,17H,5-12,14H2,1-2H3,(H,24,27). The third kappa shape index (κ3) is 4.29.